The van der Waals surface area contributed by atoms with Crippen LogP contribution in [0.15, 0.2) is 22.4 Å². The molecule has 1 unspecified atom stereocenters. The molecule has 3 heteroatoms. The van der Waals surface area contributed by atoms with Crippen molar-refractivity contribution in [2.24, 2.45) is 5.92 Å². The largest absolute Gasteiger partial charge is 0.511 e. The molecule has 0 heterocycles. The van der Waals surface area contributed by atoms with Gasteiger partial charge in [0.05, 0.1) is 6.07 Å². The van der Waals surface area contributed by atoms with Gasteiger partial charge in [0.25, 0.3) is 0 Å². The van der Waals surface area contributed by atoms with Gasteiger partial charge in [-0.1, -0.05) is 22.0 Å². The second-order valence-corrected chi connectivity index (χ2v) is 2.99. The van der Waals surface area contributed by atoms with Crippen molar-refractivity contribution in [1.82, 2.24) is 0 Å². The normalized spacial score (nSPS) is 24.6. The van der Waals surface area contributed by atoms with Crippen LogP contribution in [-0.2, 0) is 0 Å². The average molecular weight is 200 g/mol. The van der Waals surface area contributed by atoms with Crippen LogP contribution in [0.4, 0.5) is 0 Å². The molecule has 1 aliphatic carbocycles. The Hall–Kier alpha value is -0.750. The molecule has 0 bridgehead atoms. The van der Waals surface area contributed by atoms with Gasteiger partial charge < -0.3 is 5.11 Å². The summed E-state index contributed by atoms with van der Waals surface area (Å²) < 4.78 is 0.844. The van der Waals surface area contributed by atoms with E-state index in [-0.39, 0.29) is 11.7 Å². The summed E-state index contributed by atoms with van der Waals surface area (Å²) in [7, 11) is 0. The Morgan fingerprint density at radius 1 is 1.80 bits per heavy atom. The maximum atomic E-state index is 9.11. The molecule has 0 saturated heterocycles. The first-order valence-electron chi connectivity index (χ1n) is 2.90. The predicted octanol–water partition coefficient (Wildman–Crippen LogP) is 2.25. The highest BCUT2D eigenvalue weighted by Crippen LogP contribution is 2.23. The van der Waals surface area contributed by atoms with Crippen molar-refractivity contribution < 1.29 is 5.11 Å². The van der Waals surface area contributed by atoms with Gasteiger partial charge in [0.2, 0.25) is 0 Å². The quantitative estimate of drug-likeness (QED) is 0.651. The Bertz CT molecular complexity index is 236. The molecule has 0 aromatic heterocycles. The molecule has 0 radical (unpaired) electrons. The minimum Gasteiger partial charge on any atom is -0.511 e. The molecular formula is C7H6BrNO. The van der Waals surface area contributed by atoms with Crippen molar-refractivity contribution in [2.45, 2.75) is 6.42 Å². The van der Waals surface area contributed by atoms with Crippen LogP contribution in [0.1, 0.15) is 6.42 Å². The van der Waals surface area contributed by atoms with Crippen LogP contribution in [0, 0.1) is 17.2 Å². The van der Waals surface area contributed by atoms with Crippen LogP contribution in [0.2, 0.25) is 0 Å². The summed E-state index contributed by atoms with van der Waals surface area (Å²) in [6.07, 6.45) is 4.02. The number of hydrogen-bond acceptors (Lipinski definition) is 2. The molecule has 10 heavy (non-hydrogen) atoms. The van der Waals surface area contributed by atoms with Crippen molar-refractivity contribution in [3.63, 3.8) is 0 Å². The van der Waals surface area contributed by atoms with E-state index in [1.807, 2.05) is 12.1 Å². The number of aliphatic hydroxyl groups is 1. The monoisotopic (exact) mass is 199 g/mol. The second-order valence-electron chi connectivity index (χ2n) is 2.08. The lowest BCUT2D eigenvalue weighted by Crippen LogP contribution is -2.02. The Morgan fingerprint density at radius 2 is 2.50 bits per heavy atom. The smallest absolute Gasteiger partial charge is 0.111 e. The van der Waals surface area contributed by atoms with Crippen LogP contribution < -0.4 is 0 Å². The molecule has 52 valence electrons. The van der Waals surface area contributed by atoms with E-state index in [2.05, 4.69) is 15.9 Å². The van der Waals surface area contributed by atoms with E-state index in [0.29, 0.717) is 6.42 Å². The molecule has 0 amide bonds. The van der Waals surface area contributed by atoms with Gasteiger partial charge in [-0.15, -0.1) is 0 Å². The van der Waals surface area contributed by atoms with E-state index in [9.17, 15) is 0 Å². The Kier molecular flexibility index (Phi) is 2.13. The third kappa shape index (κ3) is 1.39. The highest BCUT2D eigenvalue weighted by atomic mass is 79.9. The molecule has 0 saturated carbocycles. The molecule has 1 atom stereocenters. The number of hydrogen-bond donors (Lipinski definition) is 1. The third-order valence-corrected chi connectivity index (χ3v) is 1.90. The second kappa shape index (κ2) is 2.89. The summed E-state index contributed by atoms with van der Waals surface area (Å²) in [6.45, 7) is 0. The van der Waals surface area contributed by atoms with Crippen molar-refractivity contribution in [3.05, 3.63) is 22.4 Å². The number of aliphatic hydroxyl groups excluding tert-OH is 1. The molecule has 0 fully saturated rings. The summed E-state index contributed by atoms with van der Waals surface area (Å²) in [5, 5.41) is 17.6. The molecule has 0 aliphatic heterocycles. The van der Waals surface area contributed by atoms with Crippen molar-refractivity contribution in [3.8, 4) is 6.07 Å². The zero-order valence-corrected chi connectivity index (χ0v) is 6.80. The van der Waals surface area contributed by atoms with Gasteiger partial charge in [-0.2, -0.15) is 5.26 Å². The topological polar surface area (TPSA) is 44.0 Å². The summed E-state index contributed by atoms with van der Waals surface area (Å²) in [5.41, 5.74) is 0. The third-order valence-electron chi connectivity index (χ3n) is 1.35. The molecule has 2 nitrogen and oxygen atoms in total. The van der Waals surface area contributed by atoms with Crippen LogP contribution in [0.3, 0.4) is 0 Å². The SMILES string of the molecule is N#CC1CC=C(Br)C=C1O. The minimum absolute atomic E-state index is 0.150. The summed E-state index contributed by atoms with van der Waals surface area (Å²) in [6, 6.07) is 1.99. The van der Waals surface area contributed by atoms with E-state index in [4.69, 9.17) is 10.4 Å². The predicted molar refractivity (Wildman–Crippen MR) is 41.4 cm³/mol. The van der Waals surface area contributed by atoms with Crippen LogP contribution in [0.5, 0.6) is 0 Å². The summed E-state index contributed by atoms with van der Waals surface area (Å²) >= 11 is 3.20. The van der Waals surface area contributed by atoms with E-state index in [0.717, 1.165) is 4.48 Å². The standard InChI is InChI=1S/C7H6BrNO/c8-6-2-1-5(4-9)7(10)3-6/h2-3,5,10H,1H2. The van der Waals surface area contributed by atoms with Crippen molar-refractivity contribution >= 4 is 15.9 Å². The van der Waals surface area contributed by atoms with Crippen molar-refractivity contribution in [2.75, 3.05) is 0 Å². The first-order chi connectivity index (χ1) is 4.74. The van der Waals surface area contributed by atoms with E-state index >= 15 is 0 Å². The average Bonchev–Trinajstić information content (AvgIpc) is 1.88. The van der Waals surface area contributed by atoms with Crippen molar-refractivity contribution in [1.29, 1.82) is 5.26 Å². The Morgan fingerprint density at radius 3 is 3.00 bits per heavy atom. The van der Waals surface area contributed by atoms with Crippen LogP contribution in [-0.4, -0.2) is 5.11 Å². The first-order valence-corrected chi connectivity index (χ1v) is 3.69. The lowest BCUT2D eigenvalue weighted by molar-refractivity contribution is 0.357. The number of halogens is 1. The molecule has 1 N–H and O–H groups in total. The van der Waals surface area contributed by atoms with E-state index < -0.39 is 0 Å². The molecule has 0 aromatic carbocycles. The van der Waals surface area contributed by atoms with Gasteiger partial charge >= 0.3 is 0 Å². The van der Waals surface area contributed by atoms with Gasteiger partial charge in [0.1, 0.15) is 11.7 Å². The lowest BCUT2D eigenvalue weighted by atomic mass is 10.0. The highest BCUT2D eigenvalue weighted by Gasteiger charge is 2.14. The summed E-state index contributed by atoms with van der Waals surface area (Å²) in [4.78, 5) is 0. The number of nitriles is 1. The fourth-order valence-corrected chi connectivity index (χ4v) is 1.19. The lowest BCUT2D eigenvalue weighted by Gasteiger charge is -2.09. The highest BCUT2D eigenvalue weighted by molar-refractivity contribution is 9.11. The zero-order chi connectivity index (χ0) is 7.56. The van der Waals surface area contributed by atoms with Gasteiger partial charge in [-0.3, -0.25) is 0 Å². The van der Waals surface area contributed by atoms with Gasteiger partial charge in [-0.25, -0.2) is 0 Å². The Balaban J connectivity index is 2.80. The van der Waals surface area contributed by atoms with E-state index in [1.54, 1.807) is 6.08 Å². The minimum atomic E-state index is -0.346. The molecule has 1 aliphatic rings. The number of rotatable bonds is 0. The molecule has 0 aromatic rings. The van der Waals surface area contributed by atoms with E-state index in [1.165, 1.54) is 0 Å². The van der Waals surface area contributed by atoms with Crippen LogP contribution in [0.25, 0.3) is 0 Å². The van der Waals surface area contributed by atoms with Gasteiger partial charge in [-0.05, 0) is 12.5 Å². The Labute approximate surface area is 67.6 Å². The van der Waals surface area contributed by atoms with Gasteiger partial charge in [0.15, 0.2) is 0 Å². The molecular weight excluding hydrogens is 194 g/mol. The maximum absolute atomic E-state index is 9.11. The molecule has 0 spiro atoms. The maximum Gasteiger partial charge on any atom is 0.111 e. The summed E-state index contributed by atoms with van der Waals surface area (Å²) in [5.74, 6) is -0.196. The van der Waals surface area contributed by atoms with Gasteiger partial charge in [0, 0.05) is 4.48 Å². The fourth-order valence-electron chi connectivity index (χ4n) is 0.771. The molecule has 1 rings (SSSR count). The van der Waals surface area contributed by atoms with Crippen LogP contribution >= 0.6 is 15.9 Å². The number of nitrogens with zero attached hydrogens (tertiary/aromatic N) is 1. The number of allylic oxidation sites excluding steroid dienone is 4. The fraction of sp³-hybridized carbons (Fsp3) is 0.286. The zero-order valence-electron chi connectivity index (χ0n) is 5.21. The first kappa shape index (κ1) is 7.36.